The van der Waals surface area contributed by atoms with Crippen LogP contribution in [0, 0.1) is 5.41 Å². The highest BCUT2D eigenvalue weighted by Crippen LogP contribution is 2.31. The fourth-order valence-electron chi connectivity index (χ4n) is 3.90. The van der Waals surface area contributed by atoms with Crippen molar-refractivity contribution in [3.8, 4) is 22.6 Å². The SMILES string of the molecule is C=C(CC(C)(C)C)Nc1cncc(-c2ccc3[nH]nc(-c4nc5ccncc5[nH]4)c3c2)c1. The molecule has 0 fully saturated rings. The molecule has 0 radical (unpaired) electrons. The van der Waals surface area contributed by atoms with Crippen LogP contribution in [0.3, 0.4) is 0 Å². The Morgan fingerprint density at radius 3 is 2.69 bits per heavy atom. The molecule has 0 spiro atoms. The predicted octanol–water partition coefficient (Wildman–Crippen LogP) is 5.93. The Balaban J connectivity index is 1.49. The van der Waals surface area contributed by atoms with E-state index in [9.17, 15) is 0 Å². The van der Waals surface area contributed by atoms with Crippen molar-refractivity contribution in [1.82, 2.24) is 30.1 Å². The third-order valence-electron chi connectivity index (χ3n) is 5.21. The number of pyridine rings is 2. The lowest BCUT2D eigenvalue weighted by atomic mass is 9.91. The summed E-state index contributed by atoms with van der Waals surface area (Å²) in [7, 11) is 0. The van der Waals surface area contributed by atoms with Crippen LogP contribution in [-0.4, -0.2) is 30.1 Å². The number of nitrogens with zero attached hydrogens (tertiary/aromatic N) is 4. The Morgan fingerprint density at radius 2 is 1.88 bits per heavy atom. The van der Waals surface area contributed by atoms with Crippen molar-refractivity contribution in [2.24, 2.45) is 5.41 Å². The van der Waals surface area contributed by atoms with Gasteiger partial charge in [-0.1, -0.05) is 33.4 Å². The van der Waals surface area contributed by atoms with Gasteiger partial charge in [0, 0.05) is 29.0 Å². The van der Waals surface area contributed by atoms with E-state index in [2.05, 4.69) is 81.0 Å². The van der Waals surface area contributed by atoms with Crippen LogP contribution < -0.4 is 5.32 Å². The number of fused-ring (bicyclic) bond motifs is 2. The van der Waals surface area contributed by atoms with Crippen LogP contribution in [-0.2, 0) is 0 Å². The minimum atomic E-state index is 0.171. The Labute approximate surface area is 186 Å². The van der Waals surface area contributed by atoms with E-state index in [0.717, 1.165) is 56.6 Å². The summed E-state index contributed by atoms with van der Waals surface area (Å²) < 4.78 is 0. The molecule has 0 aliphatic heterocycles. The van der Waals surface area contributed by atoms with Gasteiger partial charge in [-0.3, -0.25) is 15.1 Å². The van der Waals surface area contributed by atoms with Crippen LogP contribution >= 0.6 is 0 Å². The van der Waals surface area contributed by atoms with E-state index in [1.165, 1.54) is 0 Å². The fourth-order valence-corrected chi connectivity index (χ4v) is 3.90. The highest BCUT2D eigenvalue weighted by atomic mass is 15.1. The maximum atomic E-state index is 4.67. The number of aromatic amines is 2. The van der Waals surface area contributed by atoms with Gasteiger partial charge in [-0.05, 0) is 41.7 Å². The monoisotopic (exact) mass is 423 g/mol. The van der Waals surface area contributed by atoms with E-state index < -0.39 is 0 Å². The Hall–Kier alpha value is -4.00. The number of rotatable bonds is 5. The number of benzene rings is 1. The molecule has 7 nitrogen and oxygen atoms in total. The van der Waals surface area contributed by atoms with Crippen molar-refractivity contribution >= 4 is 27.6 Å². The number of allylic oxidation sites excluding steroid dienone is 1. The number of anilines is 1. The fraction of sp³-hybridized carbons (Fsp3) is 0.200. The van der Waals surface area contributed by atoms with Crippen LogP contribution in [0.4, 0.5) is 5.69 Å². The molecule has 160 valence electrons. The van der Waals surface area contributed by atoms with E-state index in [-0.39, 0.29) is 5.41 Å². The lowest BCUT2D eigenvalue weighted by molar-refractivity contribution is 0.411. The first-order chi connectivity index (χ1) is 15.4. The van der Waals surface area contributed by atoms with Gasteiger partial charge in [-0.2, -0.15) is 5.10 Å². The summed E-state index contributed by atoms with van der Waals surface area (Å²) in [6, 6.07) is 10.2. The summed E-state index contributed by atoms with van der Waals surface area (Å²) in [5, 5.41) is 12.0. The highest BCUT2D eigenvalue weighted by Gasteiger charge is 2.15. The molecular formula is C25H25N7. The van der Waals surface area contributed by atoms with Gasteiger partial charge in [0.15, 0.2) is 5.82 Å². The molecular weight excluding hydrogens is 398 g/mol. The second-order valence-corrected chi connectivity index (χ2v) is 9.24. The summed E-state index contributed by atoms with van der Waals surface area (Å²) in [6.07, 6.45) is 8.07. The maximum Gasteiger partial charge on any atom is 0.159 e. The number of hydrogen-bond donors (Lipinski definition) is 3. The van der Waals surface area contributed by atoms with E-state index in [4.69, 9.17) is 0 Å². The minimum absolute atomic E-state index is 0.171. The molecule has 0 unspecified atom stereocenters. The van der Waals surface area contributed by atoms with Crippen LogP contribution in [0.15, 0.2) is 67.4 Å². The summed E-state index contributed by atoms with van der Waals surface area (Å²) in [6.45, 7) is 10.8. The summed E-state index contributed by atoms with van der Waals surface area (Å²) in [5.41, 5.74) is 7.61. The van der Waals surface area contributed by atoms with E-state index in [1.807, 2.05) is 24.5 Å². The zero-order valence-corrected chi connectivity index (χ0v) is 18.4. The van der Waals surface area contributed by atoms with Crippen LogP contribution in [0.2, 0.25) is 0 Å². The van der Waals surface area contributed by atoms with Gasteiger partial charge in [-0.15, -0.1) is 0 Å². The Bertz CT molecular complexity index is 1400. The van der Waals surface area contributed by atoms with E-state index in [0.29, 0.717) is 5.82 Å². The van der Waals surface area contributed by atoms with Gasteiger partial charge >= 0.3 is 0 Å². The Morgan fingerprint density at radius 1 is 1.00 bits per heavy atom. The van der Waals surface area contributed by atoms with Gasteiger partial charge in [0.05, 0.1) is 34.6 Å². The van der Waals surface area contributed by atoms with Crippen molar-refractivity contribution in [2.75, 3.05) is 5.32 Å². The van der Waals surface area contributed by atoms with Gasteiger partial charge in [0.2, 0.25) is 0 Å². The maximum absolute atomic E-state index is 4.67. The quantitative estimate of drug-likeness (QED) is 0.326. The first-order valence-corrected chi connectivity index (χ1v) is 10.5. The molecule has 0 aliphatic carbocycles. The standard InChI is InChI=1S/C25H25N7/c1-15(11-25(2,3)4)28-18-9-17(12-27-13-18)16-5-6-20-19(10-16)23(32-31-20)24-29-21-7-8-26-14-22(21)30-24/h5-10,12-14,28H,1,11H2,2-4H3,(H,29,30)(H,31,32). The van der Waals surface area contributed by atoms with E-state index in [1.54, 1.807) is 12.4 Å². The molecule has 5 rings (SSSR count). The zero-order valence-electron chi connectivity index (χ0n) is 18.4. The normalized spacial score (nSPS) is 11.8. The second-order valence-electron chi connectivity index (χ2n) is 9.24. The smallest absolute Gasteiger partial charge is 0.159 e. The molecule has 7 heteroatoms. The number of nitrogens with one attached hydrogen (secondary N) is 3. The third-order valence-corrected chi connectivity index (χ3v) is 5.21. The number of aromatic nitrogens is 6. The predicted molar refractivity (Wildman–Crippen MR) is 129 cm³/mol. The van der Waals surface area contributed by atoms with E-state index >= 15 is 0 Å². The second kappa shape index (κ2) is 7.60. The van der Waals surface area contributed by atoms with Crippen molar-refractivity contribution in [2.45, 2.75) is 27.2 Å². The zero-order chi connectivity index (χ0) is 22.3. The molecule has 32 heavy (non-hydrogen) atoms. The molecule has 0 bridgehead atoms. The average Bonchev–Trinajstić information content (AvgIpc) is 3.35. The molecule has 3 N–H and O–H groups in total. The van der Waals surface area contributed by atoms with Crippen LogP contribution in [0.25, 0.3) is 44.6 Å². The summed E-state index contributed by atoms with van der Waals surface area (Å²) in [5.74, 6) is 0.712. The largest absolute Gasteiger partial charge is 0.358 e. The molecule has 0 saturated heterocycles. The Kier molecular flexibility index (Phi) is 4.74. The lowest BCUT2D eigenvalue weighted by Crippen LogP contribution is -2.10. The number of imidazole rings is 1. The summed E-state index contributed by atoms with van der Waals surface area (Å²) >= 11 is 0. The molecule has 1 aromatic carbocycles. The van der Waals surface area contributed by atoms with Crippen molar-refractivity contribution in [3.05, 3.63) is 67.4 Å². The molecule has 4 heterocycles. The van der Waals surface area contributed by atoms with Crippen molar-refractivity contribution < 1.29 is 0 Å². The molecule has 0 atom stereocenters. The first-order valence-electron chi connectivity index (χ1n) is 10.5. The average molecular weight is 424 g/mol. The number of hydrogen-bond acceptors (Lipinski definition) is 5. The highest BCUT2D eigenvalue weighted by molar-refractivity contribution is 5.95. The minimum Gasteiger partial charge on any atom is -0.358 e. The summed E-state index contributed by atoms with van der Waals surface area (Å²) in [4.78, 5) is 16.6. The van der Waals surface area contributed by atoms with Gasteiger partial charge in [0.1, 0.15) is 5.69 Å². The first kappa shape index (κ1) is 19.9. The van der Waals surface area contributed by atoms with Gasteiger partial charge in [-0.25, -0.2) is 4.98 Å². The van der Waals surface area contributed by atoms with Gasteiger partial charge < -0.3 is 10.3 Å². The number of H-pyrrole nitrogens is 2. The molecule has 4 aromatic heterocycles. The van der Waals surface area contributed by atoms with Crippen LogP contribution in [0.5, 0.6) is 0 Å². The van der Waals surface area contributed by atoms with Crippen LogP contribution in [0.1, 0.15) is 27.2 Å². The third kappa shape index (κ3) is 3.97. The lowest BCUT2D eigenvalue weighted by Gasteiger charge is -2.20. The topological polar surface area (TPSA) is 95.2 Å². The van der Waals surface area contributed by atoms with Crippen molar-refractivity contribution in [1.29, 1.82) is 0 Å². The molecule has 0 amide bonds. The van der Waals surface area contributed by atoms with Gasteiger partial charge in [0.25, 0.3) is 0 Å². The van der Waals surface area contributed by atoms with Crippen molar-refractivity contribution in [3.63, 3.8) is 0 Å². The molecule has 5 aromatic rings. The molecule has 0 saturated carbocycles. The molecule has 0 aliphatic rings.